The molecule has 8 heteroatoms. The number of aromatic nitrogens is 2. The number of carbonyl (C=O) groups excluding carboxylic acids is 1. The van der Waals surface area contributed by atoms with Crippen molar-refractivity contribution in [2.45, 2.75) is 70.2 Å². The molecule has 0 bridgehead atoms. The van der Waals surface area contributed by atoms with Crippen LogP contribution in [0, 0.1) is 5.41 Å². The van der Waals surface area contributed by atoms with E-state index >= 15 is 0 Å². The largest absolute Gasteiger partial charge is 0.588 e. The van der Waals surface area contributed by atoms with Crippen molar-refractivity contribution in [3.05, 3.63) is 34.5 Å². The molecular formula is C22H28N4O3S. The average Bonchev–Trinajstić information content (AvgIpc) is 3.39. The summed E-state index contributed by atoms with van der Waals surface area (Å²) in [7, 11) is 0. The van der Waals surface area contributed by atoms with E-state index < -0.39 is 17.4 Å². The van der Waals surface area contributed by atoms with Gasteiger partial charge in [0.25, 0.3) is 10.8 Å². The van der Waals surface area contributed by atoms with Gasteiger partial charge in [-0.2, -0.15) is 5.10 Å². The highest BCUT2D eigenvalue weighted by atomic mass is 32.2. The molecule has 0 fully saturated rings. The van der Waals surface area contributed by atoms with Gasteiger partial charge in [0.05, 0.1) is 13.2 Å². The molecule has 2 aliphatic carbocycles. The number of benzene rings is 1. The molecule has 30 heavy (non-hydrogen) atoms. The van der Waals surface area contributed by atoms with Crippen LogP contribution in [0.2, 0.25) is 0 Å². The first-order valence-corrected chi connectivity index (χ1v) is 11.8. The number of amides is 2. The Labute approximate surface area is 179 Å². The van der Waals surface area contributed by atoms with Crippen LogP contribution in [-0.2, 0) is 37.2 Å². The Balaban J connectivity index is 1.35. The van der Waals surface area contributed by atoms with Gasteiger partial charge in [-0.1, -0.05) is 26.8 Å². The second-order valence-electron chi connectivity index (χ2n) is 9.50. The lowest BCUT2D eigenvalue weighted by molar-refractivity contribution is 0.0970. The van der Waals surface area contributed by atoms with Crippen LogP contribution >= 0.6 is 0 Å². The van der Waals surface area contributed by atoms with Crippen LogP contribution in [0.25, 0.3) is 0 Å². The highest BCUT2D eigenvalue weighted by Crippen LogP contribution is 2.44. The number of ether oxygens (including phenoxy) is 1. The zero-order valence-corrected chi connectivity index (χ0v) is 18.5. The van der Waals surface area contributed by atoms with Crippen molar-refractivity contribution in [1.29, 1.82) is 0 Å². The van der Waals surface area contributed by atoms with Crippen molar-refractivity contribution in [2.24, 2.45) is 5.41 Å². The number of rotatable bonds is 3. The standard InChI is InChI=1S/C22H28N4O3S/c1-13-7-8-15-9-14-5-4-6-16(14)19(18(13)15)24-21(27)25-30(28)17-10-23-26-11-22(2,3)12-29-20(17)26/h9-10,13H,4-8,11-12H2,1-3H3,(H2,24,25,27)/t13-,30?/m0/s1. The van der Waals surface area contributed by atoms with E-state index in [0.717, 1.165) is 37.8 Å². The molecule has 0 saturated heterocycles. The average molecular weight is 429 g/mol. The number of hydrogen-bond donors (Lipinski definition) is 2. The number of fused-ring (bicyclic) bond motifs is 3. The molecule has 1 unspecified atom stereocenters. The summed E-state index contributed by atoms with van der Waals surface area (Å²) in [6.07, 6.45) is 6.85. The van der Waals surface area contributed by atoms with Crippen LogP contribution < -0.4 is 14.8 Å². The van der Waals surface area contributed by atoms with Gasteiger partial charge in [0.2, 0.25) is 0 Å². The van der Waals surface area contributed by atoms with Gasteiger partial charge >= 0.3 is 6.03 Å². The molecule has 1 aromatic carbocycles. The van der Waals surface area contributed by atoms with Crippen LogP contribution in [0.4, 0.5) is 10.5 Å². The number of anilines is 1. The third-order valence-corrected chi connectivity index (χ3v) is 7.48. The highest BCUT2D eigenvalue weighted by Gasteiger charge is 2.35. The molecule has 1 aliphatic heterocycles. The van der Waals surface area contributed by atoms with Crippen molar-refractivity contribution in [2.75, 3.05) is 11.9 Å². The van der Waals surface area contributed by atoms with Crippen LogP contribution in [0.15, 0.2) is 17.2 Å². The Kier molecular flexibility index (Phi) is 4.74. The monoisotopic (exact) mass is 428 g/mol. The van der Waals surface area contributed by atoms with Crippen LogP contribution in [0.1, 0.15) is 61.8 Å². The van der Waals surface area contributed by atoms with Crippen molar-refractivity contribution in [3.63, 3.8) is 0 Å². The third-order valence-electron chi connectivity index (χ3n) is 6.43. The van der Waals surface area contributed by atoms with Gasteiger partial charge in [-0.3, -0.25) is 0 Å². The molecule has 3 aliphatic rings. The molecule has 160 valence electrons. The maximum atomic E-state index is 12.9. The fourth-order valence-corrected chi connectivity index (χ4v) is 5.78. The Morgan fingerprint density at radius 1 is 1.33 bits per heavy atom. The normalized spacial score (nSPS) is 21.9. The molecule has 7 nitrogen and oxygen atoms in total. The van der Waals surface area contributed by atoms with E-state index in [-0.39, 0.29) is 5.41 Å². The van der Waals surface area contributed by atoms with E-state index in [1.807, 2.05) is 0 Å². The minimum atomic E-state index is -1.75. The van der Waals surface area contributed by atoms with E-state index in [2.05, 4.69) is 42.0 Å². The topological polar surface area (TPSA) is 91.2 Å². The third kappa shape index (κ3) is 3.36. The molecule has 2 atom stereocenters. The van der Waals surface area contributed by atoms with Gasteiger partial charge in [-0.05, 0) is 60.3 Å². The first-order valence-electron chi connectivity index (χ1n) is 10.7. The molecule has 0 radical (unpaired) electrons. The van der Waals surface area contributed by atoms with Gasteiger partial charge in [-0.15, -0.1) is 4.72 Å². The summed E-state index contributed by atoms with van der Waals surface area (Å²) in [6, 6.07) is 1.88. The number of carbonyl (C=O) groups is 1. The van der Waals surface area contributed by atoms with Crippen LogP contribution in [0.3, 0.4) is 0 Å². The molecule has 2 amide bonds. The highest BCUT2D eigenvalue weighted by molar-refractivity contribution is 7.90. The summed E-state index contributed by atoms with van der Waals surface area (Å²) < 4.78 is 23.0. The van der Waals surface area contributed by atoms with Crippen LogP contribution in [0.5, 0.6) is 5.88 Å². The first-order chi connectivity index (χ1) is 14.3. The lowest BCUT2D eigenvalue weighted by Crippen LogP contribution is -2.36. The zero-order valence-electron chi connectivity index (χ0n) is 17.7. The SMILES string of the molecule is C[C@H]1CCc2cc3c(c(NC(=O)N[S+]([O-])c4cnn5c4OCC(C)(C)C5)c21)CCC3. The second kappa shape index (κ2) is 7.20. The van der Waals surface area contributed by atoms with Crippen molar-refractivity contribution in [3.8, 4) is 5.88 Å². The fourth-order valence-electron chi connectivity index (χ4n) is 4.99. The maximum Gasteiger partial charge on any atom is 0.361 e. The van der Waals surface area contributed by atoms with Gasteiger partial charge in [0.15, 0.2) is 0 Å². The number of nitrogens with one attached hydrogen (secondary N) is 2. The smallest absolute Gasteiger partial charge is 0.361 e. The number of nitrogens with zero attached hydrogens (tertiary/aromatic N) is 2. The summed E-state index contributed by atoms with van der Waals surface area (Å²) >= 11 is -1.75. The lowest BCUT2D eigenvalue weighted by Gasteiger charge is -2.30. The quantitative estimate of drug-likeness (QED) is 0.730. The Hall–Kier alpha value is -2.19. The van der Waals surface area contributed by atoms with Gasteiger partial charge in [0.1, 0.15) is 17.6 Å². The fraction of sp³-hybridized carbons (Fsp3) is 0.545. The molecule has 5 rings (SSSR count). The number of urea groups is 1. The van der Waals surface area contributed by atoms with Crippen molar-refractivity contribution < 1.29 is 14.1 Å². The number of hydrogen-bond acceptors (Lipinski definition) is 4. The van der Waals surface area contributed by atoms with Gasteiger partial charge in [-0.25, -0.2) is 9.48 Å². The summed E-state index contributed by atoms with van der Waals surface area (Å²) in [5.74, 6) is 0.897. The Morgan fingerprint density at radius 3 is 3.00 bits per heavy atom. The summed E-state index contributed by atoms with van der Waals surface area (Å²) in [5, 5.41) is 7.34. The Morgan fingerprint density at radius 2 is 2.17 bits per heavy atom. The molecule has 2 aromatic rings. The van der Waals surface area contributed by atoms with E-state index in [1.54, 1.807) is 4.68 Å². The van der Waals surface area contributed by atoms with Crippen LogP contribution in [-0.4, -0.2) is 27.0 Å². The molecule has 0 saturated carbocycles. The predicted octanol–water partition coefficient (Wildman–Crippen LogP) is 3.68. The summed E-state index contributed by atoms with van der Waals surface area (Å²) in [5.41, 5.74) is 6.10. The summed E-state index contributed by atoms with van der Waals surface area (Å²) in [6.45, 7) is 7.61. The lowest BCUT2D eigenvalue weighted by atomic mass is 9.94. The van der Waals surface area contributed by atoms with E-state index in [9.17, 15) is 9.35 Å². The van der Waals surface area contributed by atoms with Crippen molar-refractivity contribution in [1.82, 2.24) is 14.5 Å². The van der Waals surface area contributed by atoms with E-state index in [1.165, 1.54) is 28.5 Å². The molecule has 2 heterocycles. The molecule has 2 N–H and O–H groups in total. The van der Waals surface area contributed by atoms with E-state index in [4.69, 9.17) is 4.74 Å². The van der Waals surface area contributed by atoms with Crippen molar-refractivity contribution >= 4 is 23.1 Å². The first kappa shape index (κ1) is 19.8. The minimum absolute atomic E-state index is 0.0344. The van der Waals surface area contributed by atoms with E-state index in [0.29, 0.717) is 29.8 Å². The Bertz CT molecular complexity index is 1020. The predicted molar refractivity (Wildman–Crippen MR) is 115 cm³/mol. The minimum Gasteiger partial charge on any atom is -0.588 e. The number of aryl methyl sites for hydroxylation is 2. The molecule has 1 aromatic heterocycles. The maximum absolute atomic E-state index is 12.9. The zero-order chi connectivity index (χ0) is 21.0. The molecule has 0 spiro atoms. The summed E-state index contributed by atoms with van der Waals surface area (Å²) in [4.78, 5) is 13.2. The second-order valence-corrected chi connectivity index (χ2v) is 10.7. The molecular weight excluding hydrogens is 400 g/mol. The van der Waals surface area contributed by atoms with Gasteiger partial charge < -0.3 is 14.6 Å². The van der Waals surface area contributed by atoms with Gasteiger partial charge in [0, 0.05) is 11.1 Å².